The number of anilines is 1. The van der Waals surface area contributed by atoms with Crippen LogP contribution in [0.3, 0.4) is 0 Å². The fourth-order valence-electron chi connectivity index (χ4n) is 3.32. The van der Waals surface area contributed by atoms with E-state index in [-0.39, 0.29) is 24.2 Å². The number of aromatic nitrogens is 2. The van der Waals surface area contributed by atoms with Gasteiger partial charge in [-0.2, -0.15) is 5.10 Å². The van der Waals surface area contributed by atoms with E-state index in [0.717, 1.165) is 11.3 Å². The highest BCUT2D eigenvalue weighted by Crippen LogP contribution is 2.22. The normalized spacial score (nSPS) is 17.0. The van der Waals surface area contributed by atoms with Crippen LogP contribution >= 0.6 is 11.6 Å². The van der Waals surface area contributed by atoms with E-state index in [4.69, 9.17) is 11.6 Å². The number of rotatable bonds is 6. The van der Waals surface area contributed by atoms with Crippen molar-refractivity contribution in [3.8, 4) is 0 Å². The number of carbonyl (C=O) groups is 2. The fraction of sp³-hybridized carbons (Fsp3) is 0.450. The van der Waals surface area contributed by atoms with Gasteiger partial charge in [0.1, 0.15) is 5.82 Å². The minimum Gasteiger partial charge on any atom is -0.342 e. The summed E-state index contributed by atoms with van der Waals surface area (Å²) in [5, 5.41) is 8.11. The van der Waals surface area contributed by atoms with Crippen molar-refractivity contribution in [2.75, 3.05) is 18.4 Å². The summed E-state index contributed by atoms with van der Waals surface area (Å²) < 4.78 is 1.76. The number of nitrogens with one attached hydrogen (secondary N) is 1. The maximum atomic E-state index is 12.7. The number of halogens is 1. The van der Waals surface area contributed by atoms with Crippen LogP contribution in [0.15, 0.2) is 30.3 Å². The molecular weight excluding hydrogens is 364 g/mol. The summed E-state index contributed by atoms with van der Waals surface area (Å²) in [6.45, 7) is 7.72. The van der Waals surface area contributed by atoms with Gasteiger partial charge in [0.05, 0.1) is 18.2 Å². The lowest BCUT2D eigenvalue weighted by atomic mass is 10.1. The molecule has 6 nitrogen and oxygen atoms in total. The monoisotopic (exact) mass is 388 g/mol. The summed E-state index contributed by atoms with van der Waals surface area (Å²) in [4.78, 5) is 26.6. The van der Waals surface area contributed by atoms with E-state index >= 15 is 0 Å². The van der Waals surface area contributed by atoms with Gasteiger partial charge in [0, 0.05) is 30.6 Å². The fourth-order valence-corrected chi connectivity index (χ4v) is 3.45. The Balaban J connectivity index is 1.68. The Morgan fingerprint density at radius 1 is 1.33 bits per heavy atom. The van der Waals surface area contributed by atoms with Crippen molar-refractivity contribution in [2.24, 2.45) is 11.8 Å². The number of nitrogens with zero attached hydrogens (tertiary/aromatic N) is 3. The van der Waals surface area contributed by atoms with Crippen LogP contribution in [0.1, 0.15) is 31.5 Å². The van der Waals surface area contributed by atoms with Crippen molar-refractivity contribution in [1.29, 1.82) is 0 Å². The van der Waals surface area contributed by atoms with E-state index in [9.17, 15) is 9.59 Å². The Morgan fingerprint density at radius 3 is 2.70 bits per heavy atom. The van der Waals surface area contributed by atoms with Crippen LogP contribution in [0.25, 0.3) is 0 Å². The van der Waals surface area contributed by atoms with Crippen molar-refractivity contribution in [2.45, 2.75) is 33.7 Å². The number of amides is 2. The van der Waals surface area contributed by atoms with Crippen LogP contribution in [0, 0.1) is 18.8 Å². The first-order chi connectivity index (χ1) is 12.8. The van der Waals surface area contributed by atoms with Crippen LogP contribution < -0.4 is 5.32 Å². The minimum atomic E-state index is -0.324. The predicted molar refractivity (Wildman–Crippen MR) is 106 cm³/mol. The van der Waals surface area contributed by atoms with E-state index in [1.165, 1.54) is 0 Å². The topological polar surface area (TPSA) is 67.2 Å². The van der Waals surface area contributed by atoms with E-state index in [1.54, 1.807) is 9.58 Å². The number of aryl methyl sites for hydroxylation is 1. The zero-order valence-corrected chi connectivity index (χ0v) is 16.7. The lowest BCUT2D eigenvalue weighted by Gasteiger charge is -2.18. The lowest BCUT2D eigenvalue weighted by molar-refractivity contribution is -0.128. The van der Waals surface area contributed by atoms with Gasteiger partial charge >= 0.3 is 0 Å². The van der Waals surface area contributed by atoms with Crippen LogP contribution in [0.2, 0.25) is 5.02 Å². The summed E-state index contributed by atoms with van der Waals surface area (Å²) >= 11 is 5.94. The Kier molecular flexibility index (Phi) is 5.85. The van der Waals surface area contributed by atoms with Gasteiger partial charge < -0.3 is 10.2 Å². The maximum Gasteiger partial charge on any atom is 0.230 e. The van der Waals surface area contributed by atoms with Crippen LogP contribution in [-0.4, -0.2) is 39.6 Å². The second kappa shape index (κ2) is 8.13. The van der Waals surface area contributed by atoms with Gasteiger partial charge in [-0.3, -0.25) is 9.59 Å². The molecule has 0 spiro atoms. The van der Waals surface area contributed by atoms with Crippen LogP contribution in [-0.2, 0) is 16.1 Å². The van der Waals surface area contributed by atoms with E-state index in [0.29, 0.717) is 36.4 Å². The summed E-state index contributed by atoms with van der Waals surface area (Å²) in [7, 11) is 0. The Bertz CT molecular complexity index is 829. The van der Waals surface area contributed by atoms with Gasteiger partial charge in [-0.1, -0.05) is 37.6 Å². The molecule has 1 saturated heterocycles. The lowest BCUT2D eigenvalue weighted by Crippen LogP contribution is -2.31. The second-order valence-corrected chi connectivity index (χ2v) is 7.97. The average Bonchev–Trinajstić information content (AvgIpc) is 3.12. The quantitative estimate of drug-likeness (QED) is 0.825. The minimum absolute atomic E-state index is 0.0507. The molecule has 0 radical (unpaired) electrons. The zero-order valence-electron chi connectivity index (χ0n) is 15.9. The molecule has 2 aromatic rings. The Hall–Kier alpha value is -2.34. The summed E-state index contributed by atoms with van der Waals surface area (Å²) in [5.41, 5.74) is 1.86. The molecule has 0 aliphatic carbocycles. The molecule has 144 valence electrons. The maximum absolute atomic E-state index is 12.7. The third-order valence-electron chi connectivity index (χ3n) is 4.57. The van der Waals surface area contributed by atoms with Crippen molar-refractivity contribution in [3.63, 3.8) is 0 Å². The third-order valence-corrected chi connectivity index (χ3v) is 4.82. The molecule has 2 heterocycles. The largest absolute Gasteiger partial charge is 0.342 e. The van der Waals surface area contributed by atoms with Gasteiger partial charge in [0.25, 0.3) is 0 Å². The average molecular weight is 389 g/mol. The Morgan fingerprint density at radius 2 is 2.04 bits per heavy atom. The molecule has 1 unspecified atom stereocenters. The molecule has 0 saturated carbocycles. The van der Waals surface area contributed by atoms with Crippen molar-refractivity contribution in [3.05, 3.63) is 46.6 Å². The zero-order chi connectivity index (χ0) is 19.6. The molecule has 27 heavy (non-hydrogen) atoms. The molecule has 1 aliphatic rings. The van der Waals surface area contributed by atoms with Crippen LogP contribution in [0.4, 0.5) is 5.82 Å². The summed E-state index contributed by atoms with van der Waals surface area (Å²) in [5.74, 6) is 0.624. The molecule has 1 aliphatic heterocycles. The smallest absolute Gasteiger partial charge is 0.230 e. The number of hydrogen-bond donors (Lipinski definition) is 1. The first-order valence-electron chi connectivity index (χ1n) is 9.19. The van der Waals surface area contributed by atoms with Gasteiger partial charge in [-0.25, -0.2) is 4.68 Å². The summed E-state index contributed by atoms with van der Waals surface area (Å²) in [6.07, 6.45) is 0.267. The first kappa shape index (κ1) is 19.4. The molecule has 2 amide bonds. The first-order valence-corrected chi connectivity index (χ1v) is 9.57. The number of carbonyl (C=O) groups excluding carboxylic acids is 2. The van der Waals surface area contributed by atoms with E-state index < -0.39 is 0 Å². The van der Waals surface area contributed by atoms with E-state index in [2.05, 4.69) is 24.3 Å². The van der Waals surface area contributed by atoms with E-state index in [1.807, 2.05) is 37.3 Å². The molecule has 1 fully saturated rings. The van der Waals surface area contributed by atoms with Crippen molar-refractivity contribution < 1.29 is 9.59 Å². The Labute approximate surface area is 164 Å². The molecule has 0 bridgehead atoms. The van der Waals surface area contributed by atoms with Crippen molar-refractivity contribution in [1.82, 2.24) is 14.7 Å². The van der Waals surface area contributed by atoms with Crippen LogP contribution in [0.5, 0.6) is 0 Å². The number of benzene rings is 1. The van der Waals surface area contributed by atoms with Gasteiger partial charge in [-0.05, 0) is 30.5 Å². The predicted octanol–water partition coefficient (Wildman–Crippen LogP) is 3.34. The molecular formula is C20H25ClN4O2. The third kappa shape index (κ3) is 4.89. The van der Waals surface area contributed by atoms with Gasteiger partial charge in [0.15, 0.2) is 0 Å². The molecule has 3 rings (SSSR count). The molecule has 1 N–H and O–H groups in total. The highest BCUT2D eigenvalue weighted by molar-refractivity contribution is 6.30. The molecule has 1 aromatic heterocycles. The SMILES string of the molecule is Cc1cc(NC(=O)C2CC(=O)N(CC(C)C)C2)n(Cc2ccc(Cl)cc2)n1. The number of likely N-dealkylation sites (tertiary alicyclic amines) is 1. The highest BCUT2D eigenvalue weighted by Gasteiger charge is 2.34. The van der Waals surface area contributed by atoms with Crippen molar-refractivity contribution >= 4 is 29.2 Å². The van der Waals surface area contributed by atoms with Gasteiger partial charge in [-0.15, -0.1) is 0 Å². The molecule has 7 heteroatoms. The standard InChI is InChI=1S/C20H25ClN4O2/c1-13(2)10-24-12-16(9-19(24)26)20(27)22-18-8-14(3)23-25(18)11-15-4-6-17(21)7-5-15/h4-8,13,16H,9-12H2,1-3H3,(H,22,27). The molecule has 1 atom stereocenters. The van der Waals surface area contributed by atoms with Gasteiger partial charge in [0.2, 0.25) is 11.8 Å². The highest BCUT2D eigenvalue weighted by atomic mass is 35.5. The molecule has 1 aromatic carbocycles. The number of hydrogen-bond acceptors (Lipinski definition) is 3. The summed E-state index contributed by atoms with van der Waals surface area (Å²) in [6, 6.07) is 9.38. The second-order valence-electron chi connectivity index (χ2n) is 7.54.